The summed E-state index contributed by atoms with van der Waals surface area (Å²) < 4.78 is 26.0. The Morgan fingerprint density at radius 2 is 1.97 bits per heavy atom. The molecular weight excluding hydrogens is 507 g/mol. The van der Waals surface area contributed by atoms with Crippen LogP contribution in [-0.2, 0) is 4.74 Å². The third-order valence-electron chi connectivity index (χ3n) is 6.07. The number of nitrogens with one attached hydrogen (secondary N) is 1. The lowest BCUT2D eigenvalue weighted by Gasteiger charge is -2.31. The van der Waals surface area contributed by atoms with Gasteiger partial charge in [-0.05, 0) is 70.6 Å². The summed E-state index contributed by atoms with van der Waals surface area (Å²) in [6.45, 7) is 5.01. The number of aromatic nitrogens is 1. The van der Waals surface area contributed by atoms with Crippen LogP contribution < -0.4 is 5.32 Å². The predicted octanol–water partition coefficient (Wildman–Crippen LogP) is 4.55. The van der Waals surface area contributed by atoms with E-state index in [1.165, 1.54) is 12.1 Å². The van der Waals surface area contributed by atoms with Gasteiger partial charge in [-0.2, -0.15) is 0 Å². The maximum atomic E-state index is 13.6. The minimum atomic E-state index is -0.299. The molecule has 4 heterocycles. The summed E-state index contributed by atoms with van der Waals surface area (Å²) in [7, 11) is 0. The van der Waals surface area contributed by atoms with Crippen molar-refractivity contribution < 1.29 is 13.5 Å². The number of nitrogens with zero attached hydrogens (tertiary/aromatic N) is 3. The van der Waals surface area contributed by atoms with Crippen LogP contribution in [0.2, 0.25) is 0 Å². The Balaban J connectivity index is 1.45. The zero-order valence-electron chi connectivity index (χ0n) is 17.9. The van der Waals surface area contributed by atoms with E-state index in [0.29, 0.717) is 15.3 Å². The molecule has 0 amide bonds. The first-order chi connectivity index (χ1) is 16.1. The van der Waals surface area contributed by atoms with Gasteiger partial charge in [-0.1, -0.05) is 6.07 Å². The average Bonchev–Trinajstić information content (AvgIpc) is 3.43. The van der Waals surface area contributed by atoms with E-state index in [0.717, 1.165) is 56.4 Å². The van der Waals surface area contributed by atoms with Gasteiger partial charge in [0, 0.05) is 42.4 Å². The third kappa shape index (κ3) is 4.82. The Labute approximate surface area is 205 Å². The van der Waals surface area contributed by atoms with Crippen molar-refractivity contribution in [3.8, 4) is 11.3 Å². The average molecular weight is 531 g/mol. The Kier molecular flexibility index (Phi) is 6.73. The van der Waals surface area contributed by atoms with E-state index in [2.05, 4.69) is 36.0 Å². The van der Waals surface area contributed by atoms with Crippen LogP contribution in [0.3, 0.4) is 0 Å². The molecule has 3 aromatic rings. The fraction of sp³-hybridized carbons (Fsp3) is 0.333. The molecule has 0 unspecified atom stereocenters. The van der Waals surface area contributed by atoms with Gasteiger partial charge in [0.2, 0.25) is 0 Å². The number of hydrogen-bond acceptors (Lipinski definition) is 5. The molecule has 2 aromatic heterocycles. The zero-order chi connectivity index (χ0) is 22.8. The summed E-state index contributed by atoms with van der Waals surface area (Å²) in [5, 5.41) is 4.14. The van der Waals surface area contributed by atoms with Crippen LogP contribution in [0.1, 0.15) is 23.5 Å². The van der Waals surface area contributed by atoms with Gasteiger partial charge in [0.15, 0.2) is 5.11 Å². The Morgan fingerprint density at radius 3 is 2.73 bits per heavy atom. The smallest absolute Gasteiger partial charge is 0.170 e. The number of ether oxygens (including phenoxy) is 1. The molecule has 9 heteroatoms. The monoisotopic (exact) mass is 530 g/mol. The van der Waals surface area contributed by atoms with Gasteiger partial charge in [0.25, 0.3) is 0 Å². The summed E-state index contributed by atoms with van der Waals surface area (Å²) in [6, 6.07) is 14.1. The SMILES string of the molecule is Fc1ccc(-c2ccc([C@@H]3[C@H](c4ccccn4)NC(=S)N3CCN3CCOCC3)o2)c(Br)c1. The maximum Gasteiger partial charge on any atom is 0.170 e. The third-order valence-corrected chi connectivity index (χ3v) is 7.08. The summed E-state index contributed by atoms with van der Waals surface area (Å²) in [4.78, 5) is 9.15. The van der Waals surface area contributed by atoms with Crippen LogP contribution in [0, 0.1) is 5.82 Å². The first-order valence-corrected chi connectivity index (χ1v) is 12.1. The molecule has 172 valence electrons. The fourth-order valence-corrected chi connectivity index (χ4v) is 5.25. The number of halogens is 2. The van der Waals surface area contributed by atoms with Crippen LogP contribution in [0.25, 0.3) is 11.3 Å². The van der Waals surface area contributed by atoms with Crippen LogP contribution in [-0.4, -0.2) is 59.3 Å². The van der Waals surface area contributed by atoms with Crippen molar-refractivity contribution in [1.29, 1.82) is 0 Å². The van der Waals surface area contributed by atoms with E-state index in [1.54, 1.807) is 12.3 Å². The molecule has 2 aliphatic rings. The second kappa shape index (κ2) is 9.89. The van der Waals surface area contributed by atoms with E-state index in [4.69, 9.17) is 21.4 Å². The van der Waals surface area contributed by atoms with Crippen molar-refractivity contribution in [3.05, 3.63) is 76.5 Å². The number of thiocarbonyl (C=S) groups is 1. The minimum Gasteiger partial charge on any atom is -0.459 e. The van der Waals surface area contributed by atoms with Gasteiger partial charge in [-0.15, -0.1) is 0 Å². The molecule has 0 spiro atoms. The van der Waals surface area contributed by atoms with Gasteiger partial charge in [-0.3, -0.25) is 9.88 Å². The van der Waals surface area contributed by atoms with Crippen molar-refractivity contribution >= 4 is 33.3 Å². The molecule has 33 heavy (non-hydrogen) atoms. The normalized spacial score (nSPS) is 21.4. The number of benzene rings is 1. The van der Waals surface area contributed by atoms with Crippen molar-refractivity contribution in [2.24, 2.45) is 0 Å². The molecule has 0 radical (unpaired) electrons. The molecule has 2 saturated heterocycles. The van der Waals surface area contributed by atoms with E-state index in [1.807, 2.05) is 30.3 Å². The van der Waals surface area contributed by atoms with Gasteiger partial charge in [0.1, 0.15) is 23.4 Å². The molecule has 2 aliphatic heterocycles. The van der Waals surface area contributed by atoms with E-state index >= 15 is 0 Å². The van der Waals surface area contributed by atoms with Gasteiger partial charge in [0.05, 0.1) is 24.9 Å². The van der Waals surface area contributed by atoms with Crippen molar-refractivity contribution in [2.45, 2.75) is 12.1 Å². The Hall–Kier alpha value is -2.33. The lowest BCUT2D eigenvalue weighted by Crippen LogP contribution is -2.42. The van der Waals surface area contributed by atoms with Crippen molar-refractivity contribution in [3.63, 3.8) is 0 Å². The van der Waals surface area contributed by atoms with E-state index in [-0.39, 0.29) is 17.9 Å². The van der Waals surface area contributed by atoms with Gasteiger partial charge in [-0.25, -0.2) is 4.39 Å². The second-order valence-electron chi connectivity index (χ2n) is 8.10. The lowest BCUT2D eigenvalue weighted by molar-refractivity contribution is 0.0347. The van der Waals surface area contributed by atoms with Gasteiger partial charge >= 0.3 is 0 Å². The summed E-state index contributed by atoms with van der Waals surface area (Å²) >= 11 is 9.20. The molecule has 6 nitrogen and oxygen atoms in total. The highest BCUT2D eigenvalue weighted by molar-refractivity contribution is 9.10. The first-order valence-electron chi connectivity index (χ1n) is 10.9. The summed E-state index contributed by atoms with van der Waals surface area (Å²) in [6.07, 6.45) is 1.79. The minimum absolute atomic E-state index is 0.140. The maximum absolute atomic E-state index is 13.6. The number of pyridine rings is 1. The number of morpholine rings is 1. The molecule has 0 bridgehead atoms. The molecule has 5 rings (SSSR count). The summed E-state index contributed by atoms with van der Waals surface area (Å²) in [5.41, 5.74) is 1.70. The topological polar surface area (TPSA) is 53.8 Å². The fourth-order valence-electron chi connectivity index (χ4n) is 4.38. The number of furan rings is 1. The Bertz CT molecular complexity index is 1120. The van der Waals surface area contributed by atoms with Crippen LogP contribution in [0.5, 0.6) is 0 Å². The first kappa shape index (κ1) is 22.5. The van der Waals surface area contributed by atoms with Crippen LogP contribution >= 0.6 is 28.1 Å². The quantitative estimate of drug-likeness (QED) is 0.469. The number of rotatable bonds is 6. The van der Waals surface area contributed by atoms with Crippen LogP contribution in [0.15, 0.2) is 63.6 Å². The molecule has 1 aromatic carbocycles. The standard InChI is InChI=1S/C24H24BrFN4O2S/c25-18-15-16(26)4-5-17(18)20-6-7-21(32-20)23-22(19-3-1-2-8-27-19)28-24(33)30(23)10-9-29-11-13-31-14-12-29/h1-8,15,22-23H,9-14H2,(H,28,33)/t22-,23+/m0/s1. The molecule has 0 saturated carbocycles. The molecular formula is C24H24BrFN4O2S. The molecule has 1 N–H and O–H groups in total. The highest BCUT2D eigenvalue weighted by Crippen LogP contribution is 2.41. The van der Waals surface area contributed by atoms with E-state index < -0.39 is 0 Å². The molecule has 0 aliphatic carbocycles. The second-order valence-corrected chi connectivity index (χ2v) is 9.34. The lowest BCUT2D eigenvalue weighted by atomic mass is 10.0. The number of hydrogen-bond donors (Lipinski definition) is 1. The van der Waals surface area contributed by atoms with E-state index in [9.17, 15) is 4.39 Å². The predicted molar refractivity (Wildman–Crippen MR) is 131 cm³/mol. The van der Waals surface area contributed by atoms with Crippen molar-refractivity contribution in [2.75, 3.05) is 39.4 Å². The largest absolute Gasteiger partial charge is 0.459 e. The van der Waals surface area contributed by atoms with Crippen LogP contribution in [0.4, 0.5) is 4.39 Å². The molecule has 2 atom stereocenters. The highest BCUT2D eigenvalue weighted by Gasteiger charge is 2.41. The zero-order valence-corrected chi connectivity index (χ0v) is 20.3. The highest BCUT2D eigenvalue weighted by atomic mass is 79.9. The Morgan fingerprint density at radius 1 is 1.12 bits per heavy atom. The molecule has 2 fully saturated rings. The summed E-state index contributed by atoms with van der Waals surface area (Å²) in [5.74, 6) is 1.15. The van der Waals surface area contributed by atoms with Gasteiger partial charge < -0.3 is 19.4 Å². The van der Waals surface area contributed by atoms with Crippen molar-refractivity contribution in [1.82, 2.24) is 20.1 Å².